The van der Waals surface area contributed by atoms with E-state index in [0.717, 1.165) is 12.8 Å². The van der Waals surface area contributed by atoms with Crippen LogP contribution in [0, 0.1) is 5.82 Å². The van der Waals surface area contributed by atoms with Crippen LogP contribution in [0.5, 0.6) is 0 Å². The molecule has 1 fully saturated rings. The summed E-state index contributed by atoms with van der Waals surface area (Å²) >= 11 is 0. The van der Waals surface area contributed by atoms with Crippen LogP contribution in [0.1, 0.15) is 18.4 Å². The van der Waals surface area contributed by atoms with Crippen molar-refractivity contribution in [2.75, 3.05) is 6.54 Å². The number of nitrogens with one attached hydrogen (secondary N) is 1. The summed E-state index contributed by atoms with van der Waals surface area (Å²) < 4.78 is 36.8. The highest BCUT2D eigenvalue weighted by Crippen LogP contribution is 2.33. The molecule has 1 aromatic rings. The molecule has 3 rings (SSSR count). The maximum absolute atomic E-state index is 13.2. The third kappa shape index (κ3) is 2.00. The van der Waals surface area contributed by atoms with Gasteiger partial charge in [-0.2, -0.15) is 0 Å². The van der Waals surface area contributed by atoms with Crippen molar-refractivity contribution in [2.45, 2.75) is 23.8 Å². The predicted molar refractivity (Wildman–Crippen MR) is 62.6 cm³/mol. The number of hydrogen-bond donors (Lipinski definition) is 1. The van der Waals surface area contributed by atoms with Crippen LogP contribution in [0.4, 0.5) is 4.39 Å². The molecular weight excluding hydrogens is 241 g/mol. The zero-order valence-electron chi connectivity index (χ0n) is 9.11. The Hall–Kier alpha value is -1.20. The summed E-state index contributed by atoms with van der Waals surface area (Å²) in [7, 11) is -3.37. The van der Waals surface area contributed by atoms with Gasteiger partial charge in [-0.3, -0.25) is 0 Å². The molecule has 0 saturated heterocycles. The molecule has 0 atom stereocenters. The summed E-state index contributed by atoms with van der Waals surface area (Å²) in [5, 5.41) is 4.48. The van der Waals surface area contributed by atoms with E-state index in [1.54, 1.807) is 0 Å². The van der Waals surface area contributed by atoms with Crippen molar-refractivity contribution >= 4 is 15.4 Å². The van der Waals surface area contributed by atoms with E-state index < -0.39 is 15.7 Å². The van der Waals surface area contributed by atoms with E-state index in [1.165, 1.54) is 23.6 Å². The number of rotatable bonds is 3. The van der Waals surface area contributed by atoms with E-state index in [9.17, 15) is 12.8 Å². The zero-order valence-corrected chi connectivity index (χ0v) is 9.93. The van der Waals surface area contributed by atoms with Crippen LogP contribution in [-0.2, 0) is 9.84 Å². The molecule has 0 bridgehead atoms. The summed E-state index contributed by atoms with van der Waals surface area (Å²) in [6.07, 6.45) is 2.27. The second kappa shape index (κ2) is 3.65. The van der Waals surface area contributed by atoms with Gasteiger partial charge in [-0.25, -0.2) is 12.8 Å². The Morgan fingerprint density at radius 2 is 2.12 bits per heavy atom. The summed E-state index contributed by atoms with van der Waals surface area (Å²) in [6, 6.07) is 4.30. The van der Waals surface area contributed by atoms with Gasteiger partial charge in [0.2, 0.25) is 9.84 Å². The highest BCUT2D eigenvalue weighted by atomic mass is 32.2. The van der Waals surface area contributed by atoms with E-state index in [2.05, 4.69) is 5.32 Å². The number of hydrogen-bond acceptors (Lipinski definition) is 3. The number of sulfone groups is 1. The molecule has 0 aromatic heterocycles. The van der Waals surface area contributed by atoms with Crippen LogP contribution in [0.25, 0.3) is 5.57 Å². The van der Waals surface area contributed by atoms with Crippen molar-refractivity contribution in [1.29, 1.82) is 0 Å². The van der Waals surface area contributed by atoms with Crippen LogP contribution in [0.15, 0.2) is 28.5 Å². The van der Waals surface area contributed by atoms with Crippen LogP contribution in [0.3, 0.4) is 0 Å². The van der Waals surface area contributed by atoms with Crippen LogP contribution >= 0.6 is 0 Å². The van der Waals surface area contributed by atoms with Gasteiger partial charge in [-0.15, -0.1) is 0 Å². The fourth-order valence-corrected chi connectivity index (χ4v) is 3.46. The SMILES string of the molecule is O=S1(=O)C=C(CNC2CC2)c2cc(F)ccc21. The van der Waals surface area contributed by atoms with Gasteiger partial charge < -0.3 is 5.32 Å². The maximum atomic E-state index is 13.2. The number of benzene rings is 1. The van der Waals surface area contributed by atoms with Crippen molar-refractivity contribution in [3.05, 3.63) is 35.0 Å². The van der Waals surface area contributed by atoms with Gasteiger partial charge in [0.15, 0.2) is 0 Å². The zero-order chi connectivity index (χ0) is 12.0. The molecule has 5 heteroatoms. The predicted octanol–water partition coefficient (Wildman–Crippen LogP) is 1.71. The van der Waals surface area contributed by atoms with Gasteiger partial charge >= 0.3 is 0 Å². The first kappa shape index (κ1) is 10.9. The fraction of sp³-hybridized carbons (Fsp3) is 0.333. The van der Waals surface area contributed by atoms with Crippen LogP contribution in [-0.4, -0.2) is 21.0 Å². The maximum Gasteiger partial charge on any atom is 0.200 e. The minimum absolute atomic E-state index is 0.214. The fourth-order valence-electron chi connectivity index (χ4n) is 1.99. The lowest BCUT2D eigenvalue weighted by Crippen LogP contribution is -2.18. The molecule has 90 valence electrons. The molecule has 0 spiro atoms. The molecule has 0 radical (unpaired) electrons. The second-order valence-electron chi connectivity index (χ2n) is 4.48. The molecule has 1 N–H and O–H groups in total. The highest BCUT2D eigenvalue weighted by Gasteiger charge is 2.28. The molecule has 1 aliphatic carbocycles. The average Bonchev–Trinajstić information content (AvgIpc) is 3.03. The summed E-state index contributed by atoms with van der Waals surface area (Å²) in [6.45, 7) is 0.486. The number of fused-ring (bicyclic) bond motifs is 1. The first-order valence-corrected chi connectivity index (χ1v) is 7.10. The Bertz CT molecular complexity index is 603. The van der Waals surface area contributed by atoms with E-state index in [-0.39, 0.29) is 4.90 Å². The van der Waals surface area contributed by atoms with Crippen molar-refractivity contribution in [3.8, 4) is 0 Å². The van der Waals surface area contributed by atoms with Gasteiger partial charge in [-0.1, -0.05) is 0 Å². The molecule has 1 aliphatic heterocycles. The van der Waals surface area contributed by atoms with Gasteiger partial charge in [0.05, 0.1) is 4.90 Å². The van der Waals surface area contributed by atoms with Crippen molar-refractivity contribution in [1.82, 2.24) is 5.32 Å². The first-order valence-electron chi connectivity index (χ1n) is 5.55. The van der Waals surface area contributed by atoms with Crippen molar-refractivity contribution in [2.24, 2.45) is 0 Å². The largest absolute Gasteiger partial charge is 0.310 e. The molecular formula is C12H12FNO2S. The van der Waals surface area contributed by atoms with Crippen molar-refractivity contribution < 1.29 is 12.8 Å². The standard InChI is InChI=1S/C12H12FNO2S/c13-9-1-4-12-11(5-9)8(7-17(12,15)16)6-14-10-2-3-10/h1,4-5,7,10,14H,2-3,6H2. The molecule has 0 unspecified atom stereocenters. The molecule has 1 aromatic carbocycles. The van der Waals surface area contributed by atoms with Gasteiger partial charge in [-0.05, 0) is 36.6 Å². The van der Waals surface area contributed by atoms with Gasteiger partial charge in [0.25, 0.3) is 0 Å². The molecule has 0 amide bonds. The Morgan fingerprint density at radius 1 is 1.35 bits per heavy atom. The van der Waals surface area contributed by atoms with E-state index >= 15 is 0 Å². The van der Waals surface area contributed by atoms with Crippen molar-refractivity contribution in [3.63, 3.8) is 0 Å². The highest BCUT2D eigenvalue weighted by molar-refractivity contribution is 7.95. The lowest BCUT2D eigenvalue weighted by atomic mass is 10.1. The van der Waals surface area contributed by atoms with Crippen LogP contribution < -0.4 is 5.32 Å². The van der Waals surface area contributed by atoms with Gasteiger partial charge in [0, 0.05) is 23.6 Å². The molecule has 3 nitrogen and oxygen atoms in total. The summed E-state index contributed by atoms with van der Waals surface area (Å²) in [5.74, 6) is -0.404. The molecule has 17 heavy (non-hydrogen) atoms. The smallest absolute Gasteiger partial charge is 0.200 e. The van der Waals surface area contributed by atoms with E-state index in [1.807, 2.05) is 0 Å². The Morgan fingerprint density at radius 3 is 2.82 bits per heavy atom. The molecule has 1 saturated carbocycles. The molecule has 1 heterocycles. The lowest BCUT2D eigenvalue weighted by Gasteiger charge is -2.05. The lowest BCUT2D eigenvalue weighted by molar-refractivity contribution is 0.604. The Kier molecular flexibility index (Phi) is 2.34. The average molecular weight is 253 g/mol. The normalized spacial score (nSPS) is 21.1. The first-order chi connectivity index (χ1) is 8.06. The monoisotopic (exact) mass is 253 g/mol. The van der Waals surface area contributed by atoms with Gasteiger partial charge in [0.1, 0.15) is 5.82 Å². The molecule has 2 aliphatic rings. The third-order valence-corrected chi connectivity index (χ3v) is 4.61. The van der Waals surface area contributed by atoms with Crippen LogP contribution in [0.2, 0.25) is 0 Å². The Labute approximate surface area is 99.3 Å². The summed E-state index contributed by atoms with van der Waals surface area (Å²) in [4.78, 5) is 0.214. The quantitative estimate of drug-likeness (QED) is 0.834. The van der Waals surface area contributed by atoms with E-state index in [4.69, 9.17) is 0 Å². The topological polar surface area (TPSA) is 46.2 Å². The minimum Gasteiger partial charge on any atom is -0.310 e. The third-order valence-electron chi connectivity index (χ3n) is 3.05. The van der Waals surface area contributed by atoms with E-state index in [0.29, 0.717) is 23.7 Å². The minimum atomic E-state index is -3.37. The Balaban J connectivity index is 1.97. The second-order valence-corrected chi connectivity index (χ2v) is 6.25. The number of halogens is 1. The summed E-state index contributed by atoms with van der Waals surface area (Å²) in [5.41, 5.74) is 1.16.